The van der Waals surface area contributed by atoms with Crippen molar-refractivity contribution in [3.05, 3.63) is 71.3 Å². The van der Waals surface area contributed by atoms with Crippen molar-refractivity contribution in [2.24, 2.45) is 0 Å². The molecular weight excluding hydrogens is 264 g/mol. The summed E-state index contributed by atoms with van der Waals surface area (Å²) in [4.78, 5) is 11.6. The van der Waals surface area contributed by atoms with E-state index in [1.54, 1.807) is 12.1 Å². The lowest BCUT2D eigenvalue weighted by atomic mass is 10.1. The highest BCUT2D eigenvalue weighted by Crippen LogP contribution is 2.03. The van der Waals surface area contributed by atoms with Crippen LogP contribution in [0.1, 0.15) is 16.7 Å². The van der Waals surface area contributed by atoms with Crippen LogP contribution < -0.4 is 5.32 Å². The smallest absolute Gasteiger partial charge is 0.246 e. The van der Waals surface area contributed by atoms with Gasteiger partial charge in [0.1, 0.15) is 6.61 Å². The van der Waals surface area contributed by atoms with Crippen molar-refractivity contribution in [1.29, 1.82) is 5.26 Å². The molecule has 0 aliphatic rings. The van der Waals surface area contributed by atoms with Crippen molar-refractivity contribution in [2.45, 2.75) is 13.2 Å². The predicted molar refractivity (Wildman–Crippen MR) is 79.1 cm³/mol. The van der Waals surface area contributed by atoms with Gasteiger partial charge in [0, 0.05) is 6.54 Å². The van der Waals surface area contributed by atoms with Crippen LogP contribution >= 0.6 is 0 Å². The molecule has 0 aliphatic heterocycles. The number of amides is 1. The van der Waals surface area contributed by atoms with Gasteiger partial charge in [-0.2, -0.15) is 5.26 Å². The van der Waals surface area contributed by atoms with E-state index in [0.717, 1.165) is 11.1 Å². The number of nitrogens with one attached hydrogen (secondary N) is 1. The molecule has 4 nitrogen and oxygen atoms in total. The summed E-state index contributed by atoms with van der Waals surface area (Å²) in [6.07, 6.45) is 0. The zero-order valence-corrected chi connectivity index (χ0v) is 11.6. The Balaban J connectivity index is 1.68. The van der Waals surface area contributed by atoms with E-state index in [4.69, 9.17) is 10.00 Å². The average molecular weight is 280 g/mol. The van der Waals surface area contributed by atoms with E-state index in [1.165, 1.54) is 0 Å². The van der Waals surface area contributed by atoms with E-state index in [2.05, 4.69) is 11.4 Å². The number of carbonyl (C=O) groups is 1. The van der Waals surface area contributed by atoms with Crippen LogP contribution in [-0.4, -0.2) is 12.5 Å². The van der Waals surface area contributed by atoms with Crippen LogP contribution in [0.5, 0.6) is 0 Å². The van der Waals surface area contributed by atoms with Gasteiger partial charge in [-0.05, 0) is 23.3 Å². The number of benzene rings is 2. The van der Waals surface area contributed by atoms with Gasteiger partial charge in [-0.25, -0.2) is 0 Å². The Morgan fingerprint density at radius 1 is 1.05 bits per heavy atom. The molecule has 0 fully saturated rings. The van der Waals surface area contributed by atoms with E-state index in [1.807, 2.05) is 42.5 Å². The summed E-state index contributed by atoms with van der Waals surface area (Å²) in [6.45, 7) is 0.884. The molecular formula is C17H16N2O2. The van der Waals surface area contributed by atoms with E-state index >= 15 is 0 Å². The van der Waals surface area contributed by atoms with Gasteiger partial charge in [0.25, 0.3) is 0 Å². The molecule has 0 atom stereocenters. The van der Waals surface area contributed by atoms with Crippen LogP contribution in [0.2, 0.25) is 0 Å². The molecule has 106 valence electrons. The minimum atomic E-state index is -0.157. The van der Waals surface area contributed by atoms with Crippen molar-refractivity contribution in [3.8, 4) is 6.07 Å². The fourth-order valence-electron chi connectivity index (χ4n) is 1.78. The lowest BCUT2D eigenvalue weighted by Crippen LogP contribution is -2.27. The summed E-state index contributed by atoms with van der Waals surface area (Å²) >= 11 is 0. The molecule has 0 heterocycles. The van der Waals surface area contributed by atoms with Crippen LogP contribution in [0, 0.1) is 11.3 Å². The molecule has 4 heteroatoms. The Morgan fingerprint density at radius 2 is 1.76 bits per heavy atom. The van der Waals surface area contributed by atoms with Gasteiger partial charge >= 0.3 is 0 Å². The molecule has 0 saturated carbocycles. The molecule has 0 radical (unpaired) electrons. The Bertz CT molecular complexity index is 615. The van der Waals surface area contributed by atoms with Gasteiger partial charge in [-0.15, -0.1) is 0 Å². The number of carbonyl (C=O) groups excluding carboxylic acids is 1. The lowest BCUT2D eigenvalue weighted by Gasteiger charge is -2.06. The molecule has 0 aromatic heterocycles. The number of hydrogen-bond donors (Lipinski definition) is 1. The molecule has 2 aromatic rings. The largest absolute Gasteiger partial charge is 0.367 e. The van der Waals surface area contributed by atoms with Gasteiger partial charge in [-0.1, -0.05) is 42.5 Å². The third-order valence-electron chi connectivity index (χ3n) is 2.92. The topological polar surface area (TPSA) is 62.1 Å². The zero-order chi connectivity index (χ0) is 14.9. The first-order valence-corrected chi connectivity index (χ1v) is 6.65. The third kappa shape index (κ3) is 5.09. The SMILES string of the molecule is N#Cc1ccc(CNC(=O)COCc2ccccc2)cc1. The molecule has 2 rings (SSSR count). The fourth-order valence-corrected chi connectivity index (χ4v) is 1.78. The Hall–Kier alpha value is -2.64. The molecule has 21 heavy (non-hydrogen) atoms. The van der Waals surface area contributed by atoms with Gasteiger partial charge in [0.15, 0.2) is 0 Å². The summed E-state index contributed by atoms with van der Waals surface area (Å²) in [6, 6.07) is 18.9. The van der Waals surface area contributed by atoms with Crippen LogP contribution in [0.15, 0.2) is 54.6 Å². The van der Waals surface area contributed by atoms with Crippen LogP contribution in [-0.2, 0) is 22.7 Å². The highest BCUT2D eigenvalue weighted by atomic mass is 16.5. The van der Waals surface area contributed by atoms with Gasteiger partial charge in [0.2, 0.25) is 5.91 Å². The minimum absolute atomic E-state index is 0.0329. The monoisotopic (exact) mass is 280 g/mol. The van der Waals surface area contributed by atoms with Crippen molar-refractivity contribution < 1.29 is 9.53 Å². The molecule has 0 saturated heterocycles. The van der Waals surface area contributed by atoms with Gasteiger partial charge in [0.05, 0.1) is 18.2 Å². The van der Waals surface area contributed by atoms with Crippen molar-refractivity contribution in [2.75, 3.05) is 6.61 Å². The summed E-state index contributed by atoms with van der Waals surface area (Å²) in [7, 11) is 0. The fraction of sp³-hybridized carbons (Fsp3) is 0.176. The van der Waals surface area contributed by atoms with E-state index in [0.29, 0.717) is 18.7 Å². The summed E-state index contributed by atoms with van der Waals surface area (Å²) in [5.41, 5.74) is 2.60. The van der Waals surface area contributed by atoms with Crippen LogP contribution in [0.4, 0.5) is 0 Å². The van der Waals surface area contributed by atoms with Crippen LogP contribution in [0.25, 0.3) is 0 Å². The van der Waals surface area contributed by atoms with Crippen LogP contribution in [0.3, 0.4) is 0 Å². The number of rotatable bonds is 6. The van der Waals surface area contributed by atoms with Gasteiger partial charge < -0.3 is 10.1 Å². The quantitative estimate of drug-likeness (QED) is 0.883. The van der Waals surface area contributed by atoms with Crippen molar-refractivity contribution in [1.82, 2.24) is 5.32 Å². The maximum Gasteiger partial charge on any atom is 0.246 e. The number of nitriles is 1. The Labute approximate surface area is 124 Å². The summed E-state index contributed by atoms with van der Waals surface area (Å²) in [5.74, 6) is -0.157. The lowest BCUT2D eigenvalue weighted by molar-refractivity contribution is -0.126. The average Bonchev–Trinajstić information content (AvgIpc) is 2.54. The number of ether oxygens (including phenoxy) is 1. The first-order chi connectivity index (χ1) is 10.3. The predicted octanol–water partition coefficient (Wildman–Crippen LogP) is 2.39. The molecule has 0 bridgehead atoms. The second kappa shape index (κ2) is 7.83. The molecule has 0 aliphatic carbocycles. The van der Waals surface area contributed by atoms with Crippen molar-refractivity contribution in [3.63, 3.8) is 0 Å². The second-order valence-electron chi connectivity index (χ2n) is 4.56. The number of hydrogen-bond acceptors (Lipinski definition) is 3. The Morgan fingerprint density at radius 3 is 2.43 bits per heavy atom. The third-order valence-corrected chi connectivity index (χ3v) is 2.92. The normalized spacial score (nSPS) is 9.86. The maximum atomic E-state index is 11.6. The standard InChI is InChI=1S/C17H16N2O2/c18-10-14-6-8-15(9-7-14)11-19-17(20)13-21-12-16-4-2-1-3-5-16/h1-9H,11-13H2,(H,19,20). The molecule has 1 N–H and O–H groups in total. The zero-order valence-electron chi connectivity index (χ0n) is 11.6. The highest BCUT2D eigenvalue weighted by Gasteiger charge is 2.02. The molecule has 0 unspecified atom stereocenters. The molecule has 0 spiro atoms. The minimum Gasteiger partial charge on any atom is -0.367 e. The summed E-state index contributed by atoms with van der Waals surface area (Å²) in [5, 5.41) is 11.5. The Kier molecular flexibility index (Phi) is 5.50. The number of nitrogens with zero attached hydrogens (tertiary/aromatic N) is 1. The van der Waals surface area contributed by atoms with E-state index in [-0.39, 0.29) is 12.5 Å². The molecule has 1 amide bonds. The second-order valence-corrected chi connectivity index (χ2v) is 4.56. The maximum absolute atomic E-state index is 11.6. The first-order valence-electron chi connectivity index (χ1n) is 6.65. The van der Waals surface area contributed by atoms with Gasteiger partial charge in [-0.3, -0.25) is 4.79 Å². The first kappa shape index (κ1) is 14.8. The summed E-state index contributed by atoms with van der Waals surface area (Å²) < 4.78 is 5.35. The van der Waals surface area contributed by atoms with E-state index in [9.17, 15) is 4.79 Å². The van der Waals surface area contributed by atoms with E-state index < -0.39 is 0 Å². The molecule has 2 aromatic carbocycles. The van der Waals surface area contributed by atoms with Crippen molar-refractivity contribution >= 4 is 5.91 Å². The highest BCUT2D eigenvalue weighted by molar-refractivity contribution is 5.77.